The number of hydrogen-bond acceptors (Lipinski definition) is 2. The van der Waals surface area contributed by atoms with Crippen LogP contribution >= 0.6 is 11.6 Å². The van der Waals surface area contributed by atoms with Gasteiger partial charge in [0.05, 0.1) is 0 Å². The highest BCUT2D eigenvalue weighted by molar-refractivity contribution is 6.30. The van der Waals surface area contributed by atoms with E-state index in [1.54, 1.807) is 48.5 Å². The standard InChI is InChI=1S/C16H13ClN2O2/c1-2-15(20)18-13-7-9-14(10-8-13)19-16(21)11-3-5-12(17)6-4-11/h2-10H,1H2,(H,18,20)(H,19,21). The highest BCUT2D eigenvalue weighted by atomic mass is 35.5. The van der Waals surface area contributed by atoms with Gasteiger partial charge in [0.1, 0.15) is 0 Å². The van der Waals surface area contributed by atoms with Crippen molar-refractivity contribution in [2.45, 2.75) is 0 Å². The molecule has 0 aromatic heterocycles. The highest BCUT2D eigenvalue weighted by Crippen LogP contribution is 2.15. The van der Waals surface area contributed by atoms with Gasteiger partial charge in [-0.25, -0.2) is 0 Å². The molecule has 0 fully saturated rings. The number of halogens is 1. The fourth-order valence-electron chi connectivity index (χ4n) is 1.63. The van der Waals surface area contributed by atoms with Gasteiger partial charge in [0.2, 0.25) is 5.91 Å². The van der Waals surface area contributed by atoms with Gasteiger partial charge >= 0.3 is 0 Å². The molecule has 4 nitrogen and oxygen atoms in total. The maximum Gasteiger partial charge on any atom is 0.255 e. The van der Waals surface area contributed by atoms with Crippen LogP contribution in [0, 0.1) is 0 Å². The van der Waals surface area contributed by atoms with Crippen molar-refractivity contribution in [3.63, 3.8) is 0 Å². The van der Waals surface area contributed by atoms with E-state index < -0.39 is 0 Å². The van der Waals surface area contributed by atoms with Gasteiger partial charge in [0.15, 0.2) is 0 Å². The molecule has 2 N–H and O–H groups in total. The predicted molar refractivity (Wildman–Crippen MR) is 84.7 cm³/mol. The van der Waals surface area contributed by atoms with Gasteiger partial charge in [-0.2, -0.15) is 0 Å². The van der Waals surface area contributed by atoms with E-state index >= 15 is 0 Å². The quantitative estimate of drug-likeness (QED) is 0.846. The number of nitrogens with one attached hydrogen (secondary N) is 2. The van der Waals surface area contributed by atoms with Gasteiger partial charge in [0, 0.05) is 22.0 Å². The molecular weight excluding hydrogens is 288 g/mol. The molecule has 0 saturated heterocycles. The molecule has 0 aliphatic carbocycles. The van der Waals surface area contributed by atoms with Gasteiger partial charge in [-0.05, 0) is 54.6 Å². The lowest BCUT2D eigenvalue weighted by molar-refractivity contribution is -0.111. The maximum absolute atomic E-state index is 12.0. The molecule has 0 bridgehead atoms. The van der Waals surface area contributed by atoms with Gasteiger partial charge in [-0.1, -0.05) is 18.2 Å². The van der Waals surface area contributed by atoms with E-state index in [1.807, 2.05) is 0 Å². The third-order valence-corrected chi connectivity index (χ3v) is 2.95. The second-order valence-electron chi connectivity index (χ2n) is 4.23. The van der Waals surface area contributed by atoms with Crippen LogP contribution < -0.4 is 10.6 Å². The van der Waals surface area contributed by atoms with Gasteiger partial charge in [0.25, 0.3) is 5.91 Å². The summed E-state index contributed by atoms with van der Waals surface area (Å²) >= 11 is 5.77. The molecule has 0 unspecified atom stereocenters. The number of anilines is 2. The summed E-state index contributed by atoms with van der Waals surface area (Å²) in [6.07, 6.45) is 1.19. The molecule has 0 radical (unpaired) electrons. The largest absolute Gasteiger partial charge is 0.323 e. The van der Waals surface area contributed by atoms with Crippen molar-refractivity contribution in [2.75, 3.05) is 10.6 Å². The van der Waals surface area contributed by atoms with Gasteiger partial charge < -0.3 is 10.6 Å². The summed E-state index contributed by atoms with van der Waals surface area (Å²) in [6, 6.07) is 13.4. The zero-order chi connectivity index (χ0) is 15.2. The number of rotatable bonds is 4. The number of amides is 2. The molecule has 21 heavy (non-hydrogen) atoms. The lowest BCUT2D eigenvalue weighted by Gasteiger charge is -2.07. The molecule has 0 aliphatic heterocycles. The van der Waals surface area contributed by atoms with E-state index in [4.69, 9.17) is 11.6 Å². The SMILES string of the molecule is C=CC(=O)Nc1ccc(NC(=O)c2ccc(Cl)cc2)cc1. The van der Waals surface area contributed by atoms with Crippen LogP contribution in [0.3, 0.4) is 0 Å². The smallest absolute Gasteiger partial charge is 0.255 e. The van der Waals surface area contributed by atoms with Crippen LogP contribution in [0.4, 0.5) is 11.4 Å². The van der Waals surface area contributed by atoms with Gasteiger partial charge in [-0.3, -0.25) is 9.59 Å². The first-order chi connectivity index (χ1) is 10.1. The van der Waals surface area contributed by atoms with Crippen molar-refractivity contribution >= 4 is 34.8 Å². The van der Waals surface area contributed by atoms with Gasteiger partial charge in [-0.15, -0.1) is 0 Å². The van der Waals surface area contributed by atoms with E-state index in [-0.39, 0.29) is 11.8 Å². The first-order valence-corrected chi connectivity index (χ1v) is 6.56. The Balaban J connectivity index is 2.02. The molecule has 2 rings (SSSR count). The van der Waals surface area contributed by atoms with Crippen LogP contribution in [0.25, 0.3) is 0 Å². The minimum atomic E-state index is -0.284. The Morgan fingerprint density at radius 2 is 1.43 bits per heavy atom. The van der Waals surface area contributed by atoms with Crippen molar-refractivity contribution in [2.24, 2.45) is 0 Å². The fraction of sp³-hybridized carbons (Fsp3) is 0. The Bertz CT molecular complexity index is 664. The van der Waals surface area contributed by atoms with Crippen LogP contribution in [-0.4, -0.2) is 11.8 Å². The normalized spacial score (nSPS) is 9.76. The summed E-state index contributed by atoms with van der Waals surface area (Å²) in [5, 5.41) is 5.96. The first-order valence-electron chi connectivity index (χ1n) is 6.19. The molecule has 2 aromatic rings. The lowest BCUT2D eigenvalue weighted by Crippen LogP contribution is -2.12. The van der Waals surface area contributed by atoms with Crippen molar-refractivity contribution < 1.29 is 9.59 Å². The summed E-state index contributed by atoms with van der Waals surface area (Å²) < 4.78 is 0. The molecule has 106 valence electrons. The summed E-state index contributed by atoms with van der Waals surface area (Å²) in [5.74, 6) is -0.512. The fourth-order valence-corrected chi connectivity index (χ4v) is 1.76. The second-order valence-corrected chi connectivity index (χ2v) is 4.67. The molecule has 0 heterocycles. The van der Waals surface area contributed by atoms with E-state index in [0.29, 0.717) is 22.0 Å². The molecule has 5 heteroatoms. The van der Waals surface area contributed by atoms with E-state index in [1.165, 1.54) is 6.08 Å². The maximum atomic E-state index is 12.0. The Morgan fingerprint density at radius 1 is 0.905 bits per heavy atom. The van der Waals surface area contributed by atoms with E-state index in [9.17, 15) is 9.59 Å². The van der Waals surface area contributed by atoms with Crippen molar-refractivity contribution in [3.8, 4) is 0 Å². The number of benzene rings is 2. The average molecular weight is 301 g/mol. The van der Waals surface area contributed by atoms with Crippen LogP contribution in [0.1, 0.15) is 10.4 Å². The van der Waals surface area contributed by atoms with Crippen LogP contribution in [-0.2, 0) is 4.79 Å². The second kappa shape index (κ2) is 6.72. The Morgan fingerprint density at radius 3 is 1.95 bits per heavy atom. The van der Waals surface area contributed by atoms with Crippen LogP contribution in [0.5, 0.6) is 0 Å². The Kier molecular flexibility index (Phi) is 4.74. The van der Waals surface area contributed by atoms with E-state index in [2.05, 4.69) is 17.2 Å². The molecule has 0 aliphatic rings. The molecule has 2 aromatic carbocycles. The number of carbonyl (C=O) groups is 2. The zero-order valence-corrected chi connectivity index (χ0v) is 11.9. The van der Waals surface area contributed by atoms with Crippen molar-refractivity contribution in [3.05, 3.63) is 71.8 Å². The number of hydrogen-bond donors (Lipinski definition) is 2. The minimum Gasteiger partial charge on any atom is -0.323 e. The van der Waals surface area contributed by atoms with Crippen LogP contribution in [0.15, 0.2) is 61.2 Å². The highest BCUT2D eigenvalue weighted by Gasteiger charge is 2.06. The summed E-state index contributed by atoms with van der Waals surface area (Å²) in [5.41, 5.74) is 1.78. The lowest BCUT2D eigenvalue weighted by atomic mass is 10.2. The third-order valence-electron chi connectivity index (χ3n) is 2.70. The predicted octanol–water partition coefficient (Wildman–Crippen LogP) is 3.72. The topological polar surface area (TPSA) is 58.2 Å². The van der Waals surface area contributed by atoms with Crippen molar-refractivity contribution in [1.29, 1.82) is 0 Å². The number of carbonyl (C=O) groups excluding carboxylic acids is 2. The summed E-state index contributed by atoms with van der Waals surface area (Å²) in [6.45, 7) is 3.37. The monoisotopic (exact) mass is 300 g/mol. The molecule has 0 spiro atoms. The Hall–Kier alpha value is -2.59. The molecule has 0 saturated carbocycles. The molecule has 2 amide bonds. The summed E-state index contributed by atoms with van der Waals surface area (Å²) in [7, 11) is 0. The third kappa shape index (κ3) is 4.19. The first kappa shape index (κ1) is 14.8. The Labute approximate surface area is 127 Å². The minimum absolute atomic E-state index is 0.227. The molecule has 0 atom stereocenters. The van der Waals surface area contributed by atoms with E-state index in [0.717, 1.165) is 0 Å². The molecular formula is C16H13ClN2O2. The van der Waals surface area contributed by atoms with Crippen molar-refractivity contribution in [1.82, 2.24) is 0 Å². The zero-order valence-electron chi connectivity index (χ0n) is 11.1. The van der Waals surface area contributed by atoms with Crippen LogP contribution in [0.2, 0.25) is 5.02 Å². The summed E-state index contributed by atoms with van der Waals surface area (Å²) in [4.78, 5) is 23.1. The average Bonchev–Trinajstić information content (AvgIpc) is 2.49.